The van der Waals surface area contributed by atoms with Crippen molar-refractivity contribution in [2.75, 3.05) is 0 Å². The van der Waals surface area contributed by atoms with Gasteiger partial charge < -0.3 is 14.2 Å². The van der Waals surface area contributed by atoms with Gasteiger partial charge in [-0.15, -0.1) is 34.0 Å². The quantitative estimate of drug-likeness (QED) is 0.0289. The lowest BCUT2D eigenvalue weighted by atomic mass is 10.0. The van der Waals surface area contributed by atoms with E-state index in [2.05, 4.69) is 110 Å². The smallest absolute Gasteiger partial charge is 0.346 e. The van der Waals surface area contributed by atoms with Crippen molar-refractivity contribution in [1.29, 1.82) is 5.26 Å². The fraction of sp³-hybridized carbons (Fsp3) is 0.452. The number of fused-ring (bicyclic) bond motifs is 6. The predicted octanol–water partition coefficient (Wildman–Crippen LogP) is 20.0. The van der Waals surface area contributed by atoms with E-state index in [9.17, 15) is 15.2 Å². The molecule has 0 radical (unpaired) electrons. The van der Waals surface area contributed by atoms with Gasteiger partial charge >= 0.3 is 5.97 Å². The monoisotopic (exact) mass is 990 g/mol. The van der Waals surface area contributed by atoms with Gasteiger partial charge in [0, 0.05) is 86.0 Å². The number of thiophene rings is 3. The van der Waals surface area contributed by atoms with Crippen LogP contribution in [0.15, 0.2) is 84.4 Å². The molecule has 0 atom stereocenters. The van der Waals surface area contributed by atoms with E-state index in [-0.39, 0.29) is 5.57 Å². The normalized spacial score (nSPS) is 12.1. The summed E-state index contributed by atoms with van der Waals surface area (Å²) in [4.78, 5) is 19.0. The number of carboxylic acid groups (broad SMARTS) is 1. The first-order chi connectivity index (χ1) is 34.4. The molecule has 0 aliphatic rings. The van der Waals surface area contributed by atoms with Gasteiger partial charge in [0.05, 0.1) is 0 Å². The Balaban J connectivity index is 1.22. The third-order valence-electron chi connectivity index (χ3n) is 14.4. The summed E-state index contributed by atoms with van der Waals surface area (Å²) >= 11 is 5.43. The van der Waals surface area contributed by atoms with Crippen LogP contribution >= 0.6 is 34.0 Å². The highest BCUT2D eigenvalue weighted by Gasteiger charge is 2.22. The number of aryl methyl sites for hydroxylation is 4. The Morgan fingerprint density at radius 1 is 0.514 bits per heavy atom. The molecule has 5 heterocycles. The van der Waals surface area contributed by atoms with Crippen molar-refractivity contribution < 1.29 is 9.90 Å². The van der Waals surface area contributed by atoms with Gasteiger partial charge in [0.2, 0.25) is 0 Å². The second kappa shape index (κ2) is 25.4. The molecule has 0 spiro atoms. The average molecular weight is 991 g/mol. The molecular weight excluding hydrogens is 915 g/mol. The first-order valence-electron chi connectivity index (χ1n) is 27.1. The number of aliphatic carboxylic acids is 1. The summed E-state index contributed by atoms with van der Waals surface area (Å²) in [5, 5.41) is 24.5. The molecule has 8 aromatic rings. The van der Waals surface area contributed by atoms with Gasteiger partial charge in [-0.2, -0.15) is 5.26 Å². The Bertz CT molecular complexity index is 3070. The first kappa shape index (κ1) is 51.4. The summed E-state index contributed by atoms with van der Waals surface area (Å²) in [6.07, 6.45) is 28.7. The number of rotatable bonds is 29. The number of hydrogen-bond acceptors (Lipinski definition) is 5. The molecule has 0 saturated heterocycles. The molecule has 5 nitrogen and oxygen atoms in total. The van der Waals surface area contributed by atoms with Crippen LogP contribution in [-0.4, -0.2) is 20.2 Å². The molecule has 0 unspecified atom stereocenters. The summed E-state index contributed by atoms with van der Waals surface area (Å²) in [5.74, 6) is -1.19. The van der Waals surface area contributed by atoms with Crippen LogP contribution in [0.5, 0.6) is 0 Å². The van der Waals surface area contributed by atoms with E-state index in [1.165, 1.54) is 208 Å². The molecule has 0 saturated carbocycles. The molecule has 1 N–H and O–H groups in total. The van der Waals surface area contributed by atoms with Crippen LogP contribution in [-0.2, 0) is 30.7 Å². The molecule has 8 rings (SSSR count). The van der Waals surface area contributed by atoms with Crippen LogP contribution in [0, 0.1) is 11.3 Å². The van der Waals surface area contributed by atoms with Crippen molar-refractivity contribution in [2.45, 2.75) is 182 Å². The van der Waals surface area contributed by atoms with Gasteiger partial charge in [-0.3, -0.25) is 0 Å². The van der Waals surface area contributed by atoms with E-state index >= 15 is 0 Å². The van der Waals surface area contributed by atoms with Crippen molar-refractivity contribution in [1.82, 2.24) is 9.13 Å². The van der Waals surface area contributed by atoms with E-state index in [0.29, 0.717) is 0 Å². The molecule has 8 heteroatoms. The van der Waals surface area contributed by atoms with Gasteiger partial charge in [-0.1, -0.05) is 155 Å². The fourth-order valence-electron chi connectivity index (χ4n) is 10.6. The lowest BCUT2D eigenvalue weighted by molar-refractivity contribution is -0.132. The summed E-state index contributed by atoms with van der Waals surface area (Å²) < 4.78 is 5.28. The van der Waals surface area contributed by atoms with E-state index in [1.807, 2.05) is 34.8 Å². The summed E-state index contributed by atoms with van der Waals surface area (Å²) in [6, 6.07) is 32.4. The minimum Gasteiger partial charge on any atom is -0.477 e. The SMILES string of the molecule is CCCCCCCCn1c2ccccc2c2cc3c(cc21)c1cc(-c2cc(CCCCCC)c(-c4cc(CCCCCC)c(-c5ccc(/C=C(/C#N)C(=O)O)s5)s4)s2)ccc1n3CCCCCCCC. The molecular formula is C62H75N3O2S3. The number of unbranched alkanes of at least 4 members (excludes halogenated alkanes) is 16. The standard InChI is InChI=1S/C62H75N3O2S3/c1-5-9-13-17-19-25-35-64-53-30-24-23-29-49(53)51-41-56-52(42-55(51)64)50-38-44(31-33-54(50)65(56)36-26-20-18-14-10-6-2)58-39-45(27-21-15-11-7-3)61(69-58)59-40-46(28-22-16-12-8-4)60(70-59)57-34-32-48(68-57)37-47(43-63)62(66)67/h23-24,29-34,37-42H,5-22,25-28,35-36H2,1-4H3,(H,66,67)/b47-37-. The van der Waals surface area contributed by atoms with Gasteiger partial charge in [-0.05, 0) is 116 Å². The summed E-state index contributed by atoms with van der Waals surface area (Å²) in [6.45, 7) is 11.2. The molecule has 0 aliphatic carbocycles. The van der Waals surface area contributed by atoms with Gasteiger partial charge in [0.25, 0.3) is 0 Å². The number of carbonyl (C=O) groups is 1. The zero-order chi connectivity index (χ0) is 48.8. The first-order valence-corrected chi connectivity index (χ1v) is 29.5. The minimum atomic E-state index is -1.19. The van der Waals surface area contributed by atoms with Gasteiger partial charge in [0.15, 0.2) is 0 Å². The predicted molar refractivity (Wildman–Crippen MR) is 306 cm³/mol. The van der Waals surface area contributed by atoms with Crippen molar-refractivity contribution >= 4 is 89.7 Å². The molecule has 0 aliphatic heterocycles. The van der Waals surface area contributed by atoms with Crippen LogP contribution in [0.25, 0.3) is 79.6 Å². The molecule has 70 heavy (non-hydrogen) atoms. The number of para-hydroxylation sites is 1. The number of benzene rings is 3. The van der Waals surface area contributed by atoms with E-state index in [4.69, 9.17) is 0 Å². The molecule has 5 aromatic heterocycles. The van der Waals surface area contributed by atoms with Crippen LogP contribution in [0.2, 0.25) is 0 Å². The number of nitrogens with zero attached hydrogens (tertiary/aromatic N) is 3. The number of aromatic nitrogens is 2. The van der Waals surface area contributed by atoms with Crippen molar-refractivity contribution in [3.8, 4) is 36.0 Å². The maximum Gasteiger partial charge on any atom is 0.346 e. The third-order valence-corrected chi connectivity index (χ3v) is 18.2. The maximum atomic E-state index is 11.7. The lowest BCUT2D eigenvalue weighted by Crippen LogP contribution is -1.99. The van der Waals surface area contributed by atoms with Crippen molar-refractivity contribution in [3.63, 3.8) is 0 Å². The Labute approximate surface area is 429 Å². The topological polar surface area (TPSA) is 70.9 Å². The van der Waals surface area contributed by atoms with Crippen LogP contribution in [0.4, 0.5) is 0 Å². The van der Waals surface area contributed by atoms with E-state index in [0.717, 1.165) is 42.1 Å². The molecule has 0 bridgehead atoms. The van der Waals surface area contributed by atoms with Crippen molar-refractivity contribution in [2.24, 2.45) is 0 Å². The highest BCUT2D eigenvalue weighted by atomic mass is 32.1. The van der Waals surface area contributed by atoms with Gasteiger partial charge in [-0.25, -0.2) is 4.79 Å². The number of carboxylic acids is 1. The van der Waals surface area contributed by atoms with Crippen LogP contribution in [0.3, 0.4) is 0 Å². The van der Waals surface area contributed by atoms with Gasteiger partial charge in [0.1, 0.15) is 11.6 Å². The average Bonchev–Trinajstić information content (AvgIpc) is 4.22. The zero-order valence-corrected chi connectivity index (χ0v) is 44.9. The minimum absolute atomic E-state index is 0.237. The van der Waals surface area contributed by atoms with Crippen LogP contribution < -0.4 is 0 Å². The van der Waals surface area contributed by atoms with Crippen molar-refractivity contribution in [3.05, 3.63) is 100 Å². The van der Waals surface area contributed by atoms with E-state index in [1.54, 1.807) is 11.3 Å². The Kier molecular flexibility index (Phi) is 18.7. The maximum absolute atomic E-state index is 11.7. The largest absolute Gasteiger partial charge is 0.477 e. The second-order valence-corrected chi connectivity index (χ2v) is 22.9. The third kappa shape index (κ3) is 12.0. The highest BCUT2D eigenvalue weighted by Crippen LogP contribution is 2.48. The lowest BCUT2D eigenvalue weighted by Gasteiger charge is -2.09. The Morgan fingerprint density at radius 3 is 1.61 bits per heavy atom. The Morgan fingerprint density at radius 2 is 1.01 bits per heavy atom. The molecule has 368 valence electrons. The molecule has 0 amide bonds. The Hall–Kier alpha value is -4.94. The molecule has 0 fully saturated rings. The fourth-order valence-corrected chi connectivity index (χ4v) is 14.2. The van der Waals surface area contributed by atoms with Crippen LogP contribution in [0.1, 0.15) is 172 Å². The highest BCUT2D eigenvalue weighted by molar-refractivity contribution is 7.27. The molecule has 3 aromatic carbocycles. The van der Waals surface area contributed by atoms with E-state index < -0.39 is 5.97 Å². The number of nitriles is 1. The second-order valence-electron chi connectivity index (χ2n) is 19.7. The summed E-state index contributed by atoms with van der Waals surface area (Å²) in [5.41, 5.74) is 9.29. The zero-order valence-electron chi connectivity index (χ0n) is 42.5. The summed E-state index contributed by atoms with van der Waals surface area (Å²) in [7, 11) is 0. The number of hydrogen-bond donors (Lipinski definition) is 1.